The number of aryl methyl sites for hydroxylation is 1. The van der Waals surface area contributed by atoms with Crippen LogP contribution >= 0.6 is 11.6 Å². The van der Waals surface area contributed by atoms with Gasteiger partial charge in [0.2, 0.25) is 0 Å². The number of rotatable bonds is 11. The molecule has 1 aliphatic heterocycles. The maximum atomic E-state index is 14.1. The number of hydrogen-bond donors (Lipinski definition) is 3. The molecule has 1 aromatic carbocycles. The minimum atomic E-state index is -4.40. The second kappa shape index (κ2) is 12.1. The number of aromatic nitrogens is 2. The van der Waals surface area contributed by atoms with Gasteiger partial charge in [-0.15, -0.1) is 0 Å². The molecule has 15 heteroatoms. The number of esters is 1. The molecule has 1 saturated carbocycles. The molecule has 44 heavy (non-hydrogen) atoms. The number of benzene rings is 1. The maximum absolute atomic E-state index is 14.1. The van der Waals surface area contributed by atoms with Crippen LogP contribution in [0.25, 0.3) is 0 Å². The number of carbonyl (C=O) groups is 4. The van der Waals surface area contributed by atoms with E-state index >= 15 is 0 Å². The summed E-state index contributed by atoms with van der Waals surface area (Å²) in [5, 5.41) is 15.3. The topological polar surface area (TPSA) is 191 Å². The van der Waals surface area contributed by atoms with Gasteiger partial charge in [0, 0.05) is 43.2 Å². The zero-order valence-electron chi connectivity index (χ0n) is 25.3. The first-order valence-corrected chi connectivity index (χ1v) is 16.1. The first-order valence-electron chi connectivity index (χ1n) is 14.2. The predicted molar refractivity (Wildman–Crippen MR) is 161 cm³/mol. The Kier molecular flexibility index (Phi) is 9.21. The molecule has 0 saturated heterocycles. The molecule has 1 aromatic heterocycles. The lowest BCUT2D eigenvalue weighted by Gasteiger charge is -2.34. The molecule has 4 rings (SSSR count). The summed E-state index contributed by atoms with van der Waals surface area (Å²) >= 11 is 5.92. The van der Waals surface area contributed by atoms with Crippen molar-refractivity contribution in [3.8, 4) is 0 Å². The van der Waals surface area contributed by atoms with Crippen molar-refractivity contribution in [1.82, 2.24) is 20.0 Å². The number of halogens is 1. The number of ether oxygens (including phenoxy) is 1. The molecule has 240 valence electrons. The minimum Gasteiger partial charge on any atom is -0.480 e. The van der Waals surface area contributed by atoms with Gasteiger partial charge in [0.15, 0.2) is 20.8 Å². The van der Waals surface area contributed by atoms with Crippen molar-refractivity contribution in [3.05, 3.63) is 51.8 Å². The summed E-state index contributed by atoms with van der Waals surface area (Å²) < 4.78 is 33.5. The van der Waals surface area contributed by atoms with Crippen LogP contribution < -0.4 is 11.1 Å². The van der Waals surface area contributed by atoms with Gasteiger partial charge < -0.3 is 25.8 Å². The number of nitrogens with two attached hydrogens (primary N) is 1. The Labute approximate surface area is 261 Å². The highest BCUT2D eigenvalue weighted by Crippen LogP contribution is 2.48. The first kappa shape index (κ1) is 33.4. The van der Waals surface area contributed by atoms with Crippen LogP contribution in [0.1, 0.15) is 72.6 Å². The fraction of sp³-hybridized carbons (Fsp3) is 0.552. The van der Waals surface area contributed by atoms with E-state index in [0.29, 0.717) is 10.6 Å². The number of sulfone groups is 1. The number of hydrogen-bond acceptors (Lipinski definition) is 9. The van der Waals surface area contributed by atoms with E-state index in [-0.39, 0.29) is 50.3 Å². The van der Waals surface area contributed by atoms with Crippen LogP contribution in [0.4, 0.5) is 0 Å². The quantitative estimate of drug-likeness (QED) is 0.301. The van der Waals surface area contributed by atoms with Crippen molar-refractivity contribution in [1.29, 1.82) is 0 Å². The van der Waals surface area contributed by atoms with Gasteiger partial charge in [-0.25, -0.2) is 8.42 Å². The molecule has 2 heterocycles. The highest BCUT2D eigenvalue weighted by atomic mass is 35.5. The van der Waals surface area contributed by atoms with E-state index in [2.05, 4.69) is 10.4 Å². The Morgan fingerprint density at radius 3 is 2.36 bits per heavy atom. The average Bonchev–Trinajstić information content (AvgIpc) is 3.64. The third kappa shape index (κ3) is 6.61. The lowest BCUT2D eigenvalue weighted by Crippen LogP contribution is -2.55. The summed E-state index contributed by atoms with van der Waals surface area (Å²) in [5.74, 6) is -4.79. The van der Waals surface area contributed by atoms with E-state index in [0.717, 1.165) is 5.56 Å². The number of amides is 2. The van der Waals surface area contributed by atoms with Gasteiger partial charge in [0.25, 0.3) is 11.8 Å². The minimum absolute atomic E-state index is 0.111. The van der Waals surface area contributed by atoms with Crippen LogP contribution in [-0.2, 0) is 44.2 Å². The third-order valence-electron chi connectivity index (χ3n) is 8.04. The van der Waals surface area contributed by atoms with E-state index < -0.39 is 61.1 Å². The average molecular weight is 652 g/mol. The molecule has 2 aliphatic rings. The first-order chi connectivity index (χ1) is 20.4. The second-order valence-electron chi connectivity index (χ2n) is 12.5. The summed E-state index contributed by atoms with van der Waals surface area (Å²) in [5.41, 5.74) is 6.34. The van der Waals surface area contributed by atoms with Crippen LogP contribution in [0.3, 0.4) is 0 Å². The van der Waals surface area contributed by atoms with Crippen LogP contribution in [0.5, 0.6) is 0 Å². The molecule has 2 unspecified atom stereocenters. The SMILES string of the molecule is CC(C(C(=O)OC(C)(C)C)S(=O)(=O)C1(CN2CCc3c(C(=O)NCc4ccc(Cl)cc4)nn(C)c3C2=O)CC1)[C@@H](N)C(=O)O. The van der Waals surface area contributed by atoms with Crippen molar-refractivity contribution in [2.24, 2.45) is 18.7 Å². The monoisotopic (exact) mass is 651 g/mol. The molecule has 0 radical (unpaired) electrons. The zero-order chi connectivity index (χ0) is 32.8. The van der Waals surface area contributed by atoms with Crippen molar-refractivity contribution >= 4 is 45.2 Å². The molecular formula is C29H38ClN5O8S. The van der Waals surface area contributed by atoms with Crippen molar-refractivity contribution in [2.45, 2.75) is 75.1 Å². The van der Waals surface area contributed by atoms with E-state index in [1.165, 1.54) is 23.6 Å². The molecule has 2 aromatic rings. The Hall–Kier alpha value is -3.49. The van der Waals surface area contributed by atoms with Gasteiger partial charge in [-0.1, -0.05) is 30.7 Å². The molecule has 13 nitrogen and oxygen atoms in total. The lowest BCUT2D eigenvalue weighted by molar-refractivity contribution is -0.155. The number of aliphatic carboxylic acids is 1. The Balaban J connectivity index is 1.56. The van der Waals surface area contributed by atoms with Gasteiger partial charge in [-0.05, 0) is 57.7 Å². The molecule has 4 N–H and O–H groups in total. The normalized spacial score (nSPS) is 18.2. The molecule has 0 bridgehead atoms. The highest BCUT2D eigenvalue weighted by molar-refractivity contribution is 7.94. The summed E-state index contributed by atoms with van der Waals surface area (Å²) in [7, 11) is -2.87. The van der Waals surface area contributed by atoms with E-state index in [1.807, 2.05) is 0 Å². The van der Waals surface area contributed by atoms with Crippen LogP contribution in [0, 0.1) is 5.92 Å². The highest BCUT2D eigenvalue weighted by Gasteiger charge is 2.62. The van der Waals surface area contributed by atoms with E-state index in [4.69, 9.17) is 22.1 Å². The predicted octanol–water partition coefficient (Wildman–Crippen LogP) is 1.71. The number of nitrogens with zero attached hydrogens (tertiary/aromatic N) is 3. The third-order valence-corrected chi connectivity index (χ3v) is 11.3. The van der Waals surface area contributed by atoms with Gasteiger partial charge in [0.05, 0.1) is 4.75 Å². The molecule has 0 spiro atoms. The van der Waals surface area contributed by atoms with Crippen LogP contribution in [0.15, 0.2) is 24.3 Å². The lowest BCUT2D eigenvalue weighted by atomic mass is 9.98. The standard InChI is InChI=1S/C29H38ClN5O8S/c1-16(20(31)26(38)39)23(27(40)43-28(2,3)4)44(41,42)29(11-12-29)15-35-13-10-19-21(33-34(5)22(19)25(35)37)24(36)32-14-17-6-8-18(30)9-7-17/h6-9,16,20,23H,10-15,31H2,1-5H3,(H,32,36)(H,38,39)/t16?,20-,23?/m1/s1. The Bertz CT molecular complexity index is 1580. The number of fused-ring (bicyclic) bond motifs is 1. The number of carboxylic acid groups (broad SMARTS) is 1. The number of nitrogens with one attached hydrogen (secondary N) is 1. The number of carboxylic acids is 1. The molecule has 2 amide bonds. The molecule has 3 atom stereocenters. The fourth-order valence-electron chi connectivity index (χ4n) is 5.46. The Morgan fingerprint density at radius 2 is 1.82 bits per heavy atom. The smallest absolute Gasteiger partial charge is 0.325 e. The molecule has 1 fully saturated rings. The van der Waals surface area contributed by atoms with Gasteiger partial charge in [0.1, 0.15) is 17.3 Å². The van der Waals surface area contributed by atoms with E-state index in [1.54, 1.807) is 45.0 Å². The molecular weight excluding hydrogens is 614 g/mol. The molecule has 1 aliphatic carbocycles. The van der Waals surface area contributed by atoms with Crippen LogP contribution in [-0.4, -0.2) is 86.7 Å². The number of carbonyl (C=O) groups excluding carboxylic acids is 3. The van der Waals surface area contributed by atoms with E-state index in [9.17, 15) is 32.7 Å². The van der Waals surface area contributed by atoms with Gasteiger partial charge >= 0.3 is 11.9 Å². The van der Waals surface area contributed by atoms with Crippen molar-refractivity contribution < 1.29 is 37.4 Å². The summed E-state index contributed by atoms with van der Waals surface area (Å²) in [4.78, 5) is 53.0. The van der Waals surface area contributed by atoms with Crippen LogP contribution in [0.2, 0.25) is 5.02 Å². The van der Waals surface area contributed by atoms with Crippen molar-refractivity contribution in [2.75, 3.05) is 13.1 Å². The van der Waals surface area contributed by atoms with Crippen molar-refractivity contribution in [3.63, 3.8) is 0 Å². The summed E-state index contributed by atoms with van der Waals surface area (Å²) in [6, 6.07) is 5.34. The van der Waals surface area contributed by atoms with Gasteiger partial charge in [-0.2, -0.15) is 5.10 Å². The fourth-order valence-corrected chi connectivity index (χ4v) is 8.17. The summed E-state index contributed by atoms with van der Waals surface area (Å²) in [6.07, 6.45) is 0.596. The zero-order valence-corrected chi connectivity index (χ0v) is 26.9. The largest absolute Gasteiger partial charge is 0.480 e. The maximum Gasteiger partial charge on any atom is 0.325 e. The summed E-state index contributed by atoms with van der Waals surface area (Å²) in [6.45, 7) is 6.16. The second-order valence-corrected chi connectivity index (χ2v) is 15.4. The Morgan fingerprint density at radius 1 is 1.20 bits per heavy atom. The van der Waals surface area contributed by atoms with Gasteiger partial charge in [-0.3, -0.25) is 23.9 Å².